The highest BCUT2D eigenvalue weighted by Crippen LogP contribution is 2.27. The Bertz CT molecular complexity index is 707. The zero-order valence-corrected chi connectivity index (χ0v) is 12.1. The molecule has 0 aliphatic rings. The second kappa shape index (κ2) is 6.17. The highest BCUT2D eigenvalue weighted by molar-refractivity contribution is 5.94. The summed E-state index contributed by atoms with van der Waals surface area (Å²) >= 11 is 0. The van der Waals surface area contributed by atoms with E-state index in [0.717, 1.165) is 6.07 Å². The number of carbonyl (C=O) groups excluding carboxylic acids is 1. The molecule has 0 saturated heterocycles. The van der Waals surface area contributed by atoms with E-state index >= 15 is 0 Å². The molecule has 2 aromatic carbocycles. The standard InChI is InChI=1S/C16H15NO5/c1-17(2)15(19)10-3-5-13(6-4-10)22-14-8-11(16(20)21)7-12(18)9-14/h3-9,18H,1-2H3,(H,20,21). The normalized spacial score (nSPS) is 10.1. The van der Waals surface area contributed by atoms with Crippen molar-refractivity contribution in [2.24, 2.45) is 0 Å². The van der Waals surface area contributed by atoms with Gasteiger partial charge in [-0.1, -0.05) is 0 Å². The molecule has 0 aromatic heterocycles. The van der Waals surface area contributed by atoms with E-state index < -0.39 is 5.97 Å². The number of nitrogens with zero attached hydrogens (tertiary/aromatic N) is 1. The lowest BCUT2D eigenvalue weighted by atomic mass is 10.2. The van der Waals surface area contributed by atoms with E-state index in [1.807, 2.05) is 0 Å². The SMILES string of the molecule is CN(C)C(=O)c1ccc(Oc2cc(O)cc(C(=O)O)c2)cc1. The first-order valence-electron chi connectivity index (χ1n) is 6.44. The lowest BCUT2D eigenvalue weighted by Gasteiger charge is -2.11. The number of rotatable bonds is 4. The van der Waals surface area contributed by atoms with Crippen molar-refractivity contribution in [3.8, 4) is 17.2 Å². The molecule has 0 radical (unpaired) electrons. The van der Waals surface area contributed by atoms with Gasteiger partial charge < -0.3 is 19.8 Å². The third-order valence-corrected chi connectivity index (χ3v) is 2.88. The molecule has 6 heteroatoms. The quantitative estimate of drug-likeness (QED) is 0.906. The molecule has 0 aliphatic heterocycles. The van der Waals surface area contributed by atoms with E-state index in [0.29, 0.717) is 11.3 Å². The number of carboxylic acid groups (broad SMARTS) is 1. The van der Waals surface area contributed by atoms with Gasteiger partial charge in [-0.3, -0.25) is 4.79 Å². The van der Waals surface area contributed by atoms with Crippen molar-refractivity contribution in [2.75, 3.05) is 14.1 Å². The Morgan fingerprint density at radius 1 is 0.955 bits per heavy atom. The van der Waals surface area contributed by atoms with Crippen LogP contribution in [0.3, 0.4) is 0 Å². The van der Waals surface area contributed by atoms with Gasteiger partial charge in [0.25, 0.3) is 5.91 Å². The molecule has 2 rings (SSSR count). The molecule has 0 spiro atoms. The minimum absolute atomic E-state index is 0.0746. The van der Waals surface area contributed by atoms with Crippen LogP contribution in [0.5, 0.6) is 17.2 Å². The molecule has 114 valence electrons. The number of amides is 1. The van der Waals surface area contributed by atoms with Gasteiger partial charge in [0, 0.05) is 25.7 Å². The summed E-state index contributed by atoms with van der Waals surface area (Å²) in [6, 6.07) is 10.2. The maximum Gasteiger partial charge on any atom is 0.335 e. The van der Waals surface area contributed by atoms with Gasteiger partial charge in [0.2, 0.25) is 0 Å². The number of hydrogen-bond acceptors (Lipinski definition) is 4. The predicted molar refractivity (Wildman–Crippen MR) is 79.6 cm³/mol. The summed E-state index contributed by atoms with van der Waals surface area (Å²) in [5, 5.41) is 18.4. The first kappa shape index (κ1) is 15.4. The van der Waals surface area contributed by atoms with Crippen LogP contribution < -0.4 is 4.74 Å². The van der Waals surface area contributed by atoms with Gasteiger partial charge in [-0.25, -0.2) is 4.79 Å². The minimum atomic E-state index is -1.16. The third-order valence-electron chi connectivity index (χ3n) is 2.88. The number of phenolic OH excluding ortho intramolecular Hbond substituents is 1. The van der Waals surface area contributed by atoms with Gasteiger partial charge in [0.05, 0.1) is 5.56 Å². The molecule has 0 heterocycles. The number of benzene rings is 2. The van der Waals surface area contributed by atoms with E-state index in [-0.39, 0.29) is 23.0 Å². The molecule has 0 saturated carbocycles. The Hall–Kier alpha value is -3.02. The molecule has 22 heavy (non-hydrogen) atoms. The van der Waals surface area contributed by atoms with Gasteiger partial charge in [-0.05, 0) is 36.4 Å². The molecule has 6 nitrogen and oxygen atoms in total. The van der Waals surface area contributed by atoms with Crippen LogP contribution in [0.2, 0.25) is 0 Å². The van der Waals surface area contributed by atoms with Crippen molar-refractivity contribution >= 4 is 11.9 Å². The van der Waals surface area contributed by atoms with E-state index in [4.69, 9.17) is 9.84 Å². The molecule has 2 N–H and O–H groups in total. The Morgan fingerprint density at radius 2 is 1.59 bits per heavy atom. The van der Waals surface area contributed by atoms with Crippen molar-refractivity contribution in [1.29, 1.82) is 0 Å². The van der Waals surface area contributed by atoms with E-state index in [1.54, 1.807) is 38.4 Å². The average molecular weight is 301 g/mol. The van der Waals surface area contributed by atoms with E-state index in [2.05, 4.69) is 0 Å². The fourth-order valence-corrected chi connectivity index (χ4v) is 1.83. The molecular weight excluding hydrogens is 286 g/mol. The number of carbonyl (C=O) groups is 2. The van der Waals surface area contributed by atoms with Gasteiger partial charge >= 0.3 is 5.97 Å². The fraction of sp³-hybridized carbons (Fsp3) is 0.125. The van der Waals surface area contributed by atoms with Crippen molar-refractivity contribution in [3.05, 3.63) is 53.6 Å². The number of carboxylic acids is 1. The third kappa shape index (κ3) is 3.54. The Kier molecular flexibility index (Phi) is 4.31. The highest BCUT2D eigenvalue weighted by Gasteiger charge is 2.10. The highest BCUT2D eigenvalue weighted by atomic mass is 16.5. The van der Waals surface area contributed by atoms with Gasteiger partial charge in [0.1, 0.15) is 17.2 Å². The Labute approximate surface area is 127 Å². The van der Waals surface area contributed by atoms with Crippen LogP contribution >= 0.6 is 0 Å². The fourth-order valence-electron chi connectivity index (χ4n) is 1.83. The van der Waals surface area contributed by atoms with Crippen LogP contribution in [0.25, 0.3) is 0 Å². The summed E-state index contributed by atoms with van der Waals surface area (Å²) in [6.45, 7) is 0. The van der Waals surface area contributed by atoms with Crippen molar-refractivity contribution in [3.63, 3.8) is 0 Å². The molecule has 0 fully saturated rings. The molecule has 0 unspecified atom stereocenters. The smallest absolute Gasteiger partial charge is 0.335 e. The summed E-state index contributed by atoms with van der Waals surface area (Å²) < 4.78 is 5.50. The maximum absolute atomic E-state index is 11.8. The Morgan fingerprint density at radius 3 is 2.14 bits per heavy atom. The number of ether oxygens (including phenoxy) is 1. The second-order valence-corrected chi connectivity index (χ2v) is 4.85. The lowest BCUT2D eigenvalue weighted by molar-refractivity contribution is 0.0695. The van der Waals surface area contributed by atoms with Crippen LogP contribution in [0.4, 0.5) is 0 Å². The minimum Gasteiger partial charge on any atom is -0.508 e. The number of aromatic carboxylic acids is 1. The van der Waals surface area contributed by atoms with Crippen molar-refractivity contribution in [1.82, 2.24) is 4.90 Å². The van der Waals surface area contributed by atoms with Crippen molar-refractivity contribution in [2.45, 2.75) is 0 Å². The summed E-state index contributed by atoms with van der Waals surface area (Å²) in [5.41, 5.74) is 0.439. The first-order chi connectivity index (χ1) is 10.4. The molecule has 2 aromatic rings. The van der Waals surface area contributed by atoms with E-state index in [9.17, 15) is 14.7 Å². The number of aromatic hydroxyl groups is 1. The van der Waals surface area contributed by atoms with Crippen molar-refractivity contribution < 1.29 is 24.5 Å². The summed E-state index contributed by atoms with van der Waals surface area (Å²) in [5.74, 6) is -0.861. The topological polar surface area (TPSA) is 87.1 Å². The summed E-state index contributed by atoms with van der Waals surface area (Å²) in [4.78, 5) is 24.2. The monoisotopic (exact) mass is 301 g/mol. The predicted octanol–water partition coefficient (Wildman–Crippen LogP) is 2.58. The molecular formula is C16H15NO5. The second-order valence-electron chi connectivity index (χ2n) is 4.85. The summed E-state index contributed by atoms with van der Waals surface area (Å²) in [7, 11) is 3.32. The molecule has 0 atom stereocenters. The lowest BCUT2D eigenvalue weighted by Crippen LogP contribution is -2.21. The van der Waals surface area contributed by atoms with E-state index in [1.165, 1.54) is 17.0 Å². The van der Waals surface area contributed by atoms with Crippen LogP contribution in [0.15, 0.2) is 42.5 Å². The van der Waals surface area contributed by atoms with Crippen LogP contribution in [-0.2, 0) is 0 Å². The maximum atomic E-state index is 11.8. The van der Waals surface area contributed by atoms with Gasteiger partial charge in [-0.15, -0.1) is 0 Å². The van der Waals surface area contributed by atoms with Crippen LogP contribution in [0.1, 0.15) is 20.7 Å². The summed E-state index contributed by atoms with van der Waals surface area (Å²) in [6.07, 6.45) is 0. The van der Waals surface area contributed by atoms with Crippen LogP contribution in [0, 0.1) is 0 Å². The van der Waals surface area contributed by atoms with Crippen LogP contribution in [-0.4, -0.2) is 41.1 Å². The van der Waals surface area contributed by atoms with Gasteiger partial charge in [-0.2, -0.15) is 0 Å². The Balaban J connectivity index is 2.21. The number of phenols is 1. The first-order valence-corrected chi connectivity index (χ1v) is 6.44. The molecule has 0 bridgehead atoms. The largest absolute Gasteiger partial charge is 0.508 e. The molecule has 1 amide bonds. The number of hydrogen-bond donors (Lipinski definition) is 2. The molecule has 0 aliphatic carbocycles. The zero-order chi connectivity index (χ0) is 16.3. The average Bonchev–Trinajstić information content (AvgIpc) is 2.46. The zero-order valence-electron chi connectivity index (χ0n) is 12.1. The van der Waals surface area contributed by atoms with Gasteiger partial charge in [0.15, 0.2) is 0 Å².